The van der Waals surface area contributed by atoms with Crippen LogP contribution in [0.5, 0.6) is 5.75 Å². The number of nitriles is 1. The van der Waals surface area contributed by atoms with Gasteiger partial charge < -0.3 is 9.64 Å². The van der Waals surface area contributed by atoms with Gasteiger partial charge >= 0.3 is 0 Å². The summed E-state index contributed by atoms with van der Waals surface area (Å²) in [6.45, 7) is 5.36. The molecule has 1 rings (SSSR count). The van der Waals surface area contributed by atoms with Gasteiger partial charge in [-0.05, 0) is 33.0 Å². The standard InChI is InChI=1S/C15H20N2O2/c1-12(10-16)11-17(3)8-9-19-15-7-5-4-6-14(15)13(2)18/h4-7,12H,8-9,11H2,1-3H3. The number of nitrogens with zero attached hydrogens (tertiary/aromatic N) is 2. The molecular formula is C15H20N2O2. The topological polar surface area (TPSA) is 53.3 Å². The van der Waals surface area contributed by atoms with Crippen molar-refractivity contribution in [2.75, 3.05) is 26.7 Å². The molecule has 0 saturated heterocycles. The quantitative estimate of drug-likeness (QED) is 0.706. The van der Waals surface area contributed by atoms with Crippen molar-refractivity contribution < 1.29 is 9.53 Å². The van der Waals surface area contributed by atoms with Crippen LogP contribution in [0.15, 0.2) is 24.3 Å². The van der Waals surface area contributed by atoms with Crippen molar-refractivity contribution in [2.24, 2.45) is 5.92 Å². The SMILES string of the molecule is CC(=O)c1ccccc1OCCN(C)CC(C)C#N. The zero-order valence-corrected chi connectivity index (χ0v) is 11.7. The molecule has 19 heavy (non-hydrogen) atoms. The van der Waals surface area contributed by atoms with E-state index in [-0.39, 0.29) is 11.7 Å². The summed E-state index contributed by atoms with van der Waals surface area (Å²) in [6.07, 6.45) is 0. The minimum atomic E-state index is 0.00190. The first kappa shape index (κ1) is 15.2. The summed E-state index contributed by atoms with van der Waals surface area (Å²) >= 11 is 0. The number of ketones is 1. The highest BCUT2D eigenvalue weighted by Crippen LogP contribution is 2.18. The summed E-state index contributed by atoms with van der Waals surface area (Å²) in [5.74, 6) is 0.633. The molecule has 0 spiro atoms. The van der Waals surface area contributed by atoms with Crippen LogP contribution in [0.2, 0.25) is 0 Å². The molecule has 1 aromatic rings. The number of Topliss-reactive ketones (excluding diaryl/α,β-unsaturated/α-hetero) is 1. The maximum atomic E-state index is 11.4. The predicted molar refractivity (Wildman–Crippen MR) is 74.2 cm³/mol. The number of benzene rings is 1. The Morgan fingerprint density at radius 1 is 1.47 bits per heavy atom. The van der Waals surface area contributed by atoms with Gasteiger partial charge in [0, 0.05) is 13.1 Å². The maximum absolute atomic E-state index is 11.4. The fourth-order valence-corrected chi connectivity index (χ4v) is 1.79. The molecule has 1 aromatic carbocycles. The Morgan fingerprint density at radius 2 is 2.16 bits per heavy atom. The Balaban J connectivity index is 2.46. The van der Waals surface area contributed by atoms with E-state index >= 15 is 0 Å². The smallest absolute Gasteiger partial charge is 0.163 e. The van der Waals surface area contributed by atoms with Crippen molar-refractivity contribution in [2.45, 2.75) is 13.8 Å². The van der Waals surface area contributed by atoms with E-state index in [0.717, 1.165) is 6.54 Å². The van der Waals surface area contributed by atoms with Gasteiger partial charge in [-0.2, -0.15) is 5.26 Å². The van der Waals surface area contributed by atoms with Crippen LogP contribution in [0.1, 0.15) is 24.2 Å². The Labute approximate surface area is 114 Å². The molecule has 0 radical (unpaired) electrons. The monoisotopic (exact) mass is 260 g/mol. The molecule has 4 heteroatoms. The van der Waals surface area contributed by atoms with Crippen molar-refractivity contribution >= 4 is 5.78 Å². The van der Waals surface area contributed by atoms with E-state index in [0.29, 0.717) is 24.5 Å². The van der Waals surface area contributed by atoms with Crippen LogP contribution in [0.3, 0.4) is 0 Å². The number of carbonyl (C=O) groups is 1. The fraction of sp³-hybridized carbons (Fsp3) is 0.467. The van der Waals surface area contributed by atoms with Crippen molar-refractivity contribution in [1.29, 1.82) is 5.26 Å². The third-order valence-electron chi connectivity index (χ3n) is 2.80. The first-order valence-corrected chi connectivity index (χ1v) is 6.35. The third kappa shape index (κ3) is 5.11. The molecular weight excluding hydrogens is 240 g/mol. The summed E-state index contributed by atoms with van der Waals surface area (Å²) in [5, 5.41) is 8.74. The number of carbonyl (C=O) groups excluding carboxylic acids is 1. The first-order valence-electron chi connectivity index (χ1n) is 6.35. The van der Waals surface area contributed by atoms with Gasteiger partial charge in [-0.3, -0.25) is 4.79 Å². The molecule has 0 aliphatic carbocycles. The Hall–Kier alpha value is -1.86. The molecule has 0 aromatic heterocycles. The highest BCUT2D eigenvalue weighted by molar-refractivity contribution is 5.96. The summed E-state index contributed by atoms with van der Waals surface area (Å²) < 4.78 is 5.64. The van der Waals surface area contributed by atoms with Crippen LogP contribution in [0, 0.1) is 17.2 Å². The van der Waals surface area contributed by atoms with Gasteiger partial charge in [0.25, 0.3) is 0 Å². The molecule has 0 aliphatic rings. The molecule has 4 nitrogen and oxygen atoms in total. The molecule has 1 atom stereocenters. The van der Waals surface area contributed by atoms with E-state index < -0.39 is 0 Å². The maximum Gasteiger partial charge on any atom is 0.163 e. The van der Waals surface area contributed by atoms with E-state index in [1.807, 2.05) is 31.0 Å². The number of rotatable bonds is 7. The lowest BCUT2D eigenvalue weighted by atomic mass is 10.1. The number of ether oxygens (including phenoxy) is 1. The summed E-state index contributed by atoms with van der Waals surface area (Å²) in [6, 6.07) is 9.44. The fourth-order valence-electron chi connectivity index (χ4n) is 1.79. The van der Waals surface area contributed by atoms with Crippen molar-refractivity contribution in [1.82, 2.24) is 4.90 Å². The second-order valence-electron chi connectivity index (χ2n) is 4.69. The van der Waals surface area contributed by atoms with Gasteiger partial charge in [-0.25, -0.2) is 0 Å². The van der Waals surface area contributed by atoms with Crippen LogP contribution in [-0.4, -0.2) is 37.4 Å². The Morgan fingerprint density at radius 3 is 2.79 bits per heavy atom. The molecule has 0 bridgehead atoms. The van der Waals surface area contributed by atoms with Crippen LogP contribution < -0.4 is 4.74 Å². The van der Waals surface area contributed by atoms with Crippen LogP contribution >= 0.6 is 0 Å². The second-order valence-corrected chi connectivity index (χ2v) is 4.69. The molecule has 0 fully saturated rings. The van der Waals surface area contributed by atoms with E-state index in [1.165, 1.54) is 6.92 Å². The van der Waals surface area contributed by atoms with Gasteiger partial charge in [-0.15, -0.1) is 0 Å². The van der Waals surface area contributed by atoms with Crippen LogP contribution in [-0.2, 0) is 0 Å². The van der Waals surface area contributed by atoms with Gasteiger partial charge in [0.2, 0.25) is 0 Å². The van der Waals surface area contributed by atoms with Crippen molar-refractivity contribution in [3.8, 4) is 11.8 Å². The molecule has 0 heterocycles. The highest BCUT2D eigenvalue weighted by atomic mass is 16.5. The van der Waals surface area contributed by atoms with Gasteiger partial charge in [-0.1, -0.05) is 12.1 Å². The van der Waals surface area contributed by atoms with E-state index in [4.69, 9.17) is 10.00 Å². The normalized spacial score (nSPS) is 11.9. The van der Waals surface area contributed by atoms with E-state index in [9.17, 15) is 4.79 Å². The average Bonchev–Trinajstić information content (AvgIpc) is 2.38. The highest BCUT2D eigenvalue weighted by Gasteiger charge is 2.08. The second kappa shape index (κ2) is 7.55. The molecule has 0 N–H and O–H groups in total. The van der Waals surface area contributed by atoms with E-state index in [1.54, 1.807) is 12.1 Å². The van der Waals surface area contributed by atoms with Crippen LogP contribution in [0.25, 0.3) is 0 Å². The summed E-state index contributed by atoms with van der Waals surface area (Å²) in [7, 11) is 1.95. The van der Waals surface area contributed by atoms with Gasteiger partial charge in [0.1, 0.15) is 12.4 Å². The lowest BCUT2D eigenvalue weighted by molar-refractivity contribution is 0.101. The number of para-hydroxylation sites is 1. The molecule has 0 amide bonds. The van der Waals surface area contributed by atoms with Gasteiger partial charge in [0.15, 0.2) is 5.78 Å². The van der Waals surface area contributed by atoms with Crippen molar-refractivity contribution in [3.05, 3.63) is 29.8 Å². The van der Waals surface area contributed by atoms with E-state index in [2.05, 4.69) is 6.07 Å². The van der Waals surface area contributed by atoms with Gasteiger partial charge in [0.05, 0.1) is 17.6 Å². The van der Waals surface area contributed by atoms with Crippen molar-refractivity contribution in [3.63, 3.8) is 0 Å². The zero-order chi connectivity index (χ0) is 14.3. The number of likely N-dealkylation sites (N-methyl/N-ethyl adjacent to an activating group) is 1. The zero-order valence-electron chi connectivity index (χ0n) is 11.7. The Kier molecular flexibility index (Phi) is 6.04. The summed E-state index contributed by atoms with van der Waals surface area (Å²) in [5.41, 5.74) is 0.607. The number of hydrogen-bond acceptors (Lipinski definition) is 4. The number of hydrogen-bond donors (Lipinski definition) is 0. The molecule has 1 unspecified atom stereocenters. The average molecular weight is 260 g/mol. The third-order valence-corrected chi connectivity index (χ3v) is 2.80. The minimum Gasteiger partial charge on any atom is -0.491 e. The lowest BCUT2D eigenvalue weighted by Gasteiger charge is -2.18. The molecule has 0 saturated carbocycles. The Bertz CT molecular complexity index is 465. The molecule has 102 valence electrons. The molecule has 0 aliphatic heterocycles. The first-order chi connectivity index (χ1) is 9.04. The van der Waals surface area contributed by atoms with Crippen LogP contribution in [0.4, 0.5) is 0 Å². The predicted octanol–water partition coefficient (Wildman–Crippen LogP) is 2.36. The summed E-state index contributed by atoms with van der Waals surface area (Å²) in [4.78, 5) is 13.5. The largest absolute Gasteiger partial charge is 0.491 e. The lowest BCUT2D eigenvalue weighted by Crippen LogP contribution is -2.28. The minimum absolute atomic E-state index is 0.00190.